The van der Waals surface area contributed by atoms with Crippen molar-refractivity contribution in [2.75, 3.05) is 31.3 Å². The van der Waals surface area contributed by atoms with Gasteiger partial charge in [-0.15, -0.1) is 11.8 Å². The van der Waals surface area contributed by atoms with E-state index >= 15 is 0 Å². The number of carboxylic acid groups (broad SMARTS) is 1. The van der Waals surface area contributed by atoms with Gasteiger partial charge in [0.2, 0.25) is 12.4 Å². The quantitative estimate of drug-likeness (QED) is 0.0848. The summed E-state index contributed by atoms with van der Waals surface area (Å²) in [5.41, 5.74) is 5.78. The number of primary amides is 1. The highest BCUT2D eigenvalue weighted by atomic mass is 33.1. The largest absolute Gasteiger partial charge is 0.508 e. The van der Waals surface area contributed by atoms with Crippen molar-refractivity contribution in [3.05, 3.63) is 119 Å². The van der Waals surface area contributed by atoms with Crippen LogP contribution in [0.3, 0.4) is 0 Å². The number of fused-ring (bicyclic) bond motifs is 8. The van der Waals surface area contributed by atoms with Crippen LogP contribution < -0.4 is 20.5 Å². The van der Waals surface area contributed by atoms with Crippen molar-refractivity contribution >= 4 is 62.9 Å². The number of β-amino-alcohol motifs (C(OH)–C–C–N with tert-alkyl or cyclic N) is 1. The summed E-state index contributed by atoms with van der Waals surface area (Å²) in [4.78, 5) is 43.6. The normalized spacial score (nSPS) is 31.5. The Morgan fingerprint density at radius 3 is 2.62 bits per heavy atom. The maximum Gasteiger partial charge on any atom is 0.335 e. The van der Waals surface area contributed by atoms with Gasteiger partial charge in [-0.2, -0.15) is 0 Å². The monoisotopic (exact) mass is 961 g/mol. The Hall–Kier alpha value is -5.84. The molecule has 0 radical (unpaired) electrons. The van der Waals surface area contributed by atoms with Gasteiger partial charge in [0.25, 0.3) is 5.91 Å². The van der Waals surface area contributed by atoms with Crippen molar-refractivity contribution in [1.29, 1.82) is 0 Å². The molecule has 15 nitrogen and oxygen atoms in total. The van der Waals surface area contributed by atoms with Gasteiger partial charge in [0.1, 0.15) is 35.1 Å². The van der Waals surface area contributed by atoms with Crippen LogP contribution in [0.1, 0.15) is 53.9 Å². The third-order valence-electron chi connectivity index (χ3n) is 13.7. The number of rotatable bonds is 8. The summed E-state index contributed by atoms with van der Waals surface area (Å²) in [5.74, 6) is 4.30. The first kappa shape index (κ1) is 47.2. The fourth-order valence-corrected chi connectivity index (χ4v) is 12.1. The van der Waals surface area contributed by atoms with E-state index in [1.54, 1.807) is 0 Å². The number of amides is 1. The van der Waals surface area contributed by atoms with Crippen LogP contribution in [0.2, 0.25) is 0 Å². The molecule has 17 heteroatoms. The van der Waals surface area contributed by atoms with Gasteiger partial charge in [0.15, 0.2) is 23.6 Å². The predicted octanol–water partition coefficient (Wildman–Crippen LogP) is 5.42. The number of carboxylic acids is 1. The lowest BCUT2D eigenvalue weighted by Gasteiger charge is -2.53. The number of phenols is 1. The van der Waals surface area contributed by atoms with Crippen LogP contribution in [0, 0.1) is 29.6 Å². The molecule has 68 heavy (non-hydrogen) atoms. The molecule has 0 aromatic heterocycles. The topological polar surface area (TPSA) is 240 Å². The van der Waals surface area contributed by atoms with E-state index in [1.807, 2.05) is 6.21 Å². The van der Waals surface area contributed by atoms with Gasteiger partial charge < -0.3 is 55.5 Å². The summed E-state index contributed by atoms with van der Waals surface area (Å²) >= 11 is 0. The van der Waals surface area contributed by atoms with Crippen LogP contribution in [0.25, 0.3) is 16.9 Å². The maximum atomic E-state index is 13.5. The number of allylic oxidation sites excluding steroid dienone is 5. The van der Waals surface area contributed by atoms with Crippen LogP contribution in [0.5, 0.6) is 17.2 Å². The number of aldehydes is 1. The van der Waals surface area contributed by atoms with Crippen LogP contribution in [-0.4, -0.2) is 117 Å². The summed E-state index contributed by atoms with van der Waals surface area (Å²) in [7, 11) is 2.74. The molecule has 3 aliphatic carbocycles. The highest BCUT2D eigenvalue weighted by Crippen LogP contribution is 2.47. The van der Waals surface area contributed by atoms with Crippen molar-refractivity contribution in [2.45, 2.75) is 67.4 Å². The number of nitrogens with zero attached hydrogens (tertiary/aromatic N) is 1. The zero-order valence-corrected chi connectivity index (χ0v) is 38.4. The number of nitrogens with two attached hydrogens (primary N) is 1. The molecule has 2 bridgehead atoms. The van der Waals surface area contributed by atoms with Crippen molar-refractivity contribution in [1.82, 2.24) is 5.32 Å². The summed E-state index contributed by atoms with van der Waals surface area (Å²) in [6.45, 7) is 0.330. The molecule has 0 saturated carbocycles. The van der Waals surface area contributed by atoms with Gasteiger partial charge in [0.05, 0.1) is 17.7 Å². The number of hydrogen-bond donors (Lipinski definition) is 7. The zero-order chi connectivity index (χ0) is 47.6. The standard InChI is InChI=1S/C51H51N3O12S2/c52-47(59)44-42(32-14-16-34(56)17-15-32)43(57)38-19-18-35(22-41(38)65-44)64-49-50(62)26-54-24-39(30-7-3-1-2-6-29-10-12-31(13-11-30)37-9-5-4-8-36(29)37)40(33-20-21-53-23-33)25-67-68-28-63-51(50,27-55)46(58)45(66-49)48(60)61/h4-5,8-10,12-20,22-23,27,29-30,39-40,44-46,49,54,56-58,62H,2,6-7,11,21,24-26,28H2,(H2,52,59)(H,60,61). The maximum absolute atomic E-state index is 13.5. The third-order valence-corrected chi connectivity index (χ3v) is 15.8. The summed E-state index contributed by atoms with van der Waals surface area (Å²) in [6.07, 6.45) is 6.10. The fourth-order valence-electron chi connectivity index (χ4n) is 10.1. The number of ether oxygens (including phenoxy) is 4. The highest BCUT2D eigenvalue weighted by molar-refractivity contribution is 8.76. The molecule has 2 fully saturated rings. The van der Waals surface area contributed by atoms with E-state index in [4.69, 9.17) is 24.7 Å². The van der Waals surface area contributed by atoms with E-state index in [1.165, 1.54) is 75.2 Å². The van der Waals surface area contributed by atoms with Crippen LogP contribution in [0.15, 0.2) is 102 Å². The molecular weight excluding hydrogens is 911 g/mol. The second-order valence-corrected chi connectivity index (χ2v) is 20.0. The molecule has 1 amide bonds. The first-order chi connectivity index (χ1) is 32.9. The molecular formula is C51H51N3O12S2. The summed E-state index contributed by atoms with van der Waals surface area (Å²) in [6, 6.07) is 18.3. The first-order valence-electron chi connectivity index (χ1n) is 22.4. The Morgan fingerprint density at radius 1 is 1.03 bits per heavy atom. The van der Waals surface area contributed by atoms with E-state index in [2.05, 4.69) is 70.7 Å². The Morgan fingerprint density at radius 2 is 1.85 bits per heavy atom. The van der Waals surface area contributed by atoms with Crippen molar-refractivity contribution in [3.8, 4) is 29.1 Å². The molecule has 0 spiro atoms. The SMILES string of the molecule is NC(=O)C1Oc2cc(OC3OC(C(=O)O)C(O)C4(C=O)OCSSCC(C5=CCN=C5)C(C5CC#CCCC6C=CC(=CC5)c5ccccc56)CNCC34O)ccc2C(O)=C1c1ccc(O)cc1. The molecule has 10 rings (SSSR count). The van der Waals surface area contributed by atoms with Crippen molar-refractivity contribution < 1.29 is 58.9 Å². The minimum absolute atomic E-state index is 0.00764. The zero-order valence-electron chi connectivity index (χ0n) is 36.7. The third kappa shape index (κ3) is 8.98. The van der Waals surface area contributed by atoms with Gasteiger partial charge in [0, 0.05) is 43.3 Å². The van der Waals surface area contributed by atoms with E-state index in [0.29, 0.717) is 30.7 Å². The average Bonchev–Trinajstić information content (AvgIpc) is 3.87. The second kappa shape index (κ2) is 20.0. The molecule has 10 unspecified atom stereocenters. The van der Waals surface area contributed by atoms with Crippen LogP contribution in [0.4, 0.5) is 0 Å². The number of aliphatic imine (C=N–C) groups is 1. The second-order valence-electron chi connectivity index (χ2n) is 17.6. The smallest absolute Gasteiger partial charge is 0.335 e. The Bertz CT molecular complexity index is 2670. The first-order valence-corrected chi connectivity index (χ1v) is 24.9. The molecule has 4 aliphatic heterocycles. The molecule has 7 aliphatic rings. The Kier molecular flexibility index (Phi) is 13.9. The molecule has 4 heterocycles. The number of aliphatic hydroxyl groups is 3. The fraction of sp³-hybridized carbons (Fsp3) is 0.373. The van der Waals surface area contributed by atoms with Gasteiger partial charge >= 0.3 is 5.97 Å². The molecule has 10 atom stereocenters. The molecule has 2 saturated heterocycles. The van der Waals surface area contributed by atoms with Crippen LogP contribution in [-0.2, 0) is 23.9 Å². The summed E-state index contributed by atoms with van der Waals surface area (Å²) < 4.78 is 24.4. The number of phenolic OH excluding ortho intramolecular Hbond substituents is 1. The van der Waals surface area contributed by atoms with E-state index in [0.717, 1.165) is 24.0 Å². The predicted molar refractivity (Wildman–Crippen MR) is 258 cm³/mol. The number of aliphatic hydroxyl groups excluding tert-OH is 2. The van der Waals surface area contributed by atoms with Gasteiger partial charge in [-0.3, -0.25) is 14.6 Å². The van der Waals surface area contributed by atoms with Gasteiger partial charge in [-0.25, -0.2) is 4.79 Å². The number of aromatic hydroxyl groups is 1. The number of carbonyl (C=O) groups is 3. The van der Waals surface area contributed by atoms with Crippen molar-refractivity contribution in [3.63, 3.8) is 0 Å². The molecule has 8 N–H and O–H groups in total. The van der Waals surface area contributed by atoms with Crippen LogP contribution >= 0.6 is 21.6 Å². The number of nitrogens with one attached hydrogen (secondary N) is 1. The van der Waals surface area contributed by atoms with Gasteiger partial charge in [-0.05, 0) is 89.2 Å². The lowest BCUT2D eigenvalue weighted by Crippen LogP contribution is -2.80. The highest BCUT2D eigenvalue weighted by Gasteiger charge is 2.69. The Labute approximate surface area is 400 Å². The van der Waals surface area contributed by atoms with Gasteiger partial charge in [-0.1, -0.05) is 82.3 Å². The number of hydrogen-bond acceptors (Lipinski definition) is 15. The van der Waals surface area contributed by atoms with E-state index in [-0.39, 0.29) is 76.6 Å². The lowest BCUT2D eigenvalue weighted by atomic mass is 9.73. The summed E-state index contributed by atoms with van der Waals surface area (Å²) in [5, 5.41) is 59.9. The Balaban J connectivity index is 1.07. The molecule has 354 valence electrons. The molecule has 3 aromatic rings. The lowest BCUT2D eigenvalue weighted by molar-refractivity contribution is -0.340. The van der Waals surface area contributed by atoms with E-state index < -0.39 is 54.2 Å². The number of aliphatic carboxylic acids is 1. The van der Waals surface area contributed by atoms with E-state index in [9.17, 15) is 39.9 Å². The molecule has 3 aromatic carbocycles. The number of benzene rings is 3. The average molecular weight is 962 g/mol. The van der Waals surface area contributed by atoms with Crippen molar-refractivity contribution in [2.24, 2.45) is 28.5 Å². The number of carbonyl (C=O) groups excluding carboxylic acids is 2. The minimum atomic E-state index is -2.61. The minimum Gasteiger partial charge on any atom is -0.508 e.